The molecule has 1 heterocycles. The minimum atomic E-state index is 0.0890. The van der Waals surface area contributed by atoms with Crippen LogP contribution in [0.4, 0.5) is 0 Å². The molecule has 0 atom stereocenters. The lowest BCUT2D eigenvalue weighted by Crippen LogP contribution is -2.51. The third-order valence-electron chi connectivity index (χ3n) is 7.11. The van der Waals surface area contributed by atoms with Crippen LogP contribution in [-0.2, 0) is 5.54 Å². The molecule has 3 nitrogen and oxygen atoms in total. The van der Waals surface area contributed by atoms with E-state index in [4.69, 9.17) is 0 Å². The van der Waals surface area contributed by atoms with Gasteiger partial charge in [0.25, 0.3) is 0 Å². The molecule has 2 fully saturated rings. The summed E-state index contributed by atoms with van der Waals surface area (Å²) in [7, 11) is 2.25. The molecular weight excluding hydrogens is 308 g/mol. The first-order valence-corrected chi connectivity index (χ1v) is 10.3. The molecule has 0 amide bonds. The number of likely N-dealkylation sites (tertiary alicyclic amines) is 1. The van der Waals surface area contributed by atoms with Gasteiger partial charge in [0.2, 0.25) is 0 Å². The second-order valence-corrected chi connectivity index (χ2v) is 8.21. The zero-order valence-electron chi connectivity index (χ0n) is 16.4. The largest absolute Gasteiger partial charge is 0.508 e. The average molecular weight is 345 g/mol. The molecule has 0 radical (unpaired) electrons. The van der Waals surface area contributed by atoms with E-state index in [1.807, 2.05) is 12.1 Å². The van der Waals surface area contributed by atoms with Gasteiger partial charge in [-0.3, -0.25) is 4.90 Å². The molecule has 1 saturated carbocycles. The van der Waals surface area contributed by atoms with E-state index in [1.54, 1.807) is 6.07 Å². The predicted octanol–water partition coefficient (Wildman–Crippen LogP) is 4.60. The molecule has 3 rings (SSSR count). The number of hydrogen-bond donors (Lipinski definition) is 1. The Balaban J connectivity index is 1.70. The number of hydrogen-bond acceptors (Lipinski definition) is 3. The Morgan fingerprint density at radius 3 is 2.36 bits per heavy atom. The fraction of sp³-hybridized carbons (Fsp3) is 0.727. The third kappa shape index (κ3) is 3.88. The van der Waals surface area contributed by atoms with Crippen LogP contribution >= 0.6 is 0 Å². The summed E-state index contributed by atoms with van der Waals surface area (Å²) in [5, 5.41) is 9.99. The SMILES string of the molecule is CCC1CCN(C2CCC(c3cccc(O)c3)(N(C)CC)CC2)CC1. The maximum absolute atomic E-state index is 9.99. The van der Waals surface area contributed by atoms with Gasteiger partial charge in [0.05, 0.1) is 0 Å². The Labute approximate surface area is 154 Å². The number of rotatable bonds is 5. The Bertz CT molecular complexity index is 543. The monoisotopic (exact) mass is 344 g/mol. The van der Waals surface area contributed by atoms with Crippen LogP contribution in [0, 0.1) is 5.92 Å². The Kier molecular flexibility index (Phi) is 6.06. The summed E-state index contributed by atoms with van der Waals surface area (Å²) in [6, 6.07) is 8.73. The van der Waals surface area contributed by atoms with Crippen LogP contribution < -0.4 is 0 Å². The quantitative estimate of drug-likeness (QED) is 0.845. The van der Waals surface area contributed by atoms with Crippen molar-refractivity contribution in [3.8, 4) is 5.75 Å². The Morgan fingerprint density at radius 2 is 1.80 bits per heavy atom. The van der Waals surface area contributed by atoms with Gasteiger partial charge < -0.3 is 10.0 Å². The first-order chi connectivity index (χ1) is 12.1. The topological polar surface area (TPSA) is 26.7 Å². The predicted molar refractivity (Wildman–Crippen MR) is 105 cm³/mol. The van der Waals surface area contributed by atoms with E-state index >= 15 is 0 Å². The lowest BCUT2D eigenvalue weighted by atomic mass is 9.73. The van der Waals surface area contributed by atoms with Crippen molar-refractivity contribution in [2.45, 2.75) is 70.4 Å². The highest BCUT2D eigenvalue weighted by atomic mass is 16.3. The van der Waals surface area contributed by atoms with Crippen LogP contribution in [0.1, 0.15) is 64.4 Å². The van der Waals surface area contributed by atoms with Gasteiger partial charge in [0.1, 0.15) is 5.75 Å². The Morgan fingerprint density at radius 1 is 1.12 bits per heavy atom. The van der Waals surface area contributed by atoms with Crippen LogP contribution in [0.2, 0.25) is 0 Å². The lowest BCUT2D eigenvalue weighted by molar-refractivity contribution is 0.0253. The van der Waals surface area contributed by atoms with Crippen molar-refractivity contribution in [1.29, 1.82) is 0 Å². The van der Waals surface area contributed by atoms with E-state index in [9.17, 15) is 5.11 Å². The van der Waals surface area contributed by atoms with Gasteiger partial charge in [-0.2, -0.15) is 0 Å². The summed E-state index contributed by atoms with van der Waals surface area (Å²) in [4.78, 5) is 5.27. The minimum Gasteiger partial charge on any atom is -0.508 e. The number of phenols is 1. The Hall–Kier alpha value is -1.06. The first kappa shape index (κ1) is 18.7. The van der Waals surface area contributed by atoms with Crippen molar-refractivity contribution in [2.75, 3.05) is 26.7 Å². The summed E-state index contributed by atoms with van der Waals surface area (Å²) in [6.45, 7) is 8.22. The van der Waals surface area contributed by atoms with Crippen LogP contribution in [0.25, 0.3) is 0 Å². The summed E-state index contributed by atoms with van der Waals surface area (Å²) in [5.41, 5.74) is 1.38. The van der Waals surface area contributed by atoms with E-state index < -0.39 is 0 Å². The molecule has 25 heavy (non-hydrogen) atoms. The molecule has 140 valence electrons. The molecule has 0 spiro atoms. The zero-order chi connectivity index (χ0) is 17.9. The number of aromatic hydroxyl groups is 1. The van der Waals surface area contributed by atoms with E-state index in [0.29, 0.717) is 5.75 Å². The molecule has 0 aromatic heterocycles. The van der Waals surface area contributed by atoms with Crippen LogP contribution in [-0.4, -0.2) is 47.6 Å². The number of piperidine rings is 1. The molecule has 0 bridgehead atoms. The van der Waals surface area contributed by atoms with Crippen molar-refractivity contribution in [3.05, 3.63) is 29.8 Å². The summed E-state index contributed by atoms with van der Waals surface area (Å²) in [5.74, 6) is 1.35. The van der Waals surface area contributed by atoms with Gasteiger partial charge in [-0.15, -0.1) is 0 Å². The smallest absolute Gasteiger partial charge is 0.115 e. The van der Waals surface area contributed by atoms with E-state index in [1.165, 1.54) is 63.6 Å². The van der Waals surface area contributed by atoms with Crippen molar-refractivity contribution < 1.29 is 5.11 Å². The van der Waals surface area contributed by atoms with Crippen LogP contribution in [0.15, 0.2) is 24.3 Å². The summed E-state index contributed by atoms with van der Waals surface area (Å²) >= 11 is 0. The van der Waals surface area contributed by atoms with E-state index in [0.717, 1.165) is 18.5 Å². The highest BCUT2D eigenvalue weighted by molar-refractivity contribution is 5.33. The third-order valence-corrected chi connectivity index (χ3v) is 7.11. The van der Waals surface area contributed by atoms with Crippen molar-refractivity contribution in [3.63, 3.8) is 0 Å². The summed E-state index contributed by atoms with van der Waals surface area (Å²) in [6.07, 6.45) is 9.06. The lowest BCUT2D eigenvalue weighted by Gasteiger charge is -2.49. The van der Waals surface area contributed by atoms with Gasteiger partial charge in [-0.05, 0) is 88.8 Å². The van der Waals surface area contributed by atoms with Gasteiger partial charge in [0.15, 0.2) is 0 Å². The molecule has 1 saturated heterocycles. The molecule has 2 aliphatic rings. The second kappa shape index (κ2) is 8.09. The molecule has 1 N–H and O–H groups in total. The average Bonchev–Trinajstić information content (AvgIpc) is 2.67. The van der Waals surface area contributed by atoms with Gasteiger partial charge >= 0.3 is 0 Å². The molecule has 1 aliphatic heterocycles. The summed E-state index contributed by atoms with van der Waals surface area (Å²) < 4.78 is 0. The molecular formula is C22H36N2O. The van der Waals surface area contributed by atoms with Gasteiger partial charge in [0, 0.05) is 11.6 Å². The van der Waals surface area contributed by atoms with Gasteiger partial charge in [-0.1, -0.05) is 32.4 Å². The number of phenolic OH excluding ortho intramolecular Hbond substituents is 1. The maximum Gasteiger partial charge on any atom is 0.115 e. The van der Waals surface area contributed by atoms with Gasteiger partial charge in [-0.25, -0.2) is 0 Å². The number of nitrogens with zero attached hydrogens (tertiary/aromatic N) is 2. The molecule has 3 heteroatoms. The second-order valence-electron chi connectivity index (χ2n) is 8.21. The fourth-order valence-corrected chi connectivity index (χ4v) is 5.16. The van der Waals surface area contributed by atoms with Crippen molar-refractivity contribution >= 4 is 0 Å². The highest BCUT2D eigenvalue weighted by Crippen LogP contribution is 2.44. The molecule has 1 aromatic rings. The van der Waals surface area contributed by atoms with Crippen LogP contribution in [0.3, 0.4) is 0 Å². The fourth-order valence-electron chi connectivity index (χ4n) is 5.16. The highest BCUT2D eigenvalue weighted by Gasteiger charge is 2.41. The standard InChI is InChI=1S/C22H36N2O/c1-4-18-11-15-24(16-12-18)20-9-13-22(14-10-20,23(3)5-2)19-7-6-8-21(25)17-19/h6-8,17-18,20,25H,4-5,9-16H2,1-3H3. The molecule has 0 unspecified atom stereocenters. The zero-order valence-corrected chi connectivity index (χ0v) is 16.4. The molecule has 1 aliphatic carbocycles. The van der Waals surface area contributed by atoms with E-state index in [-0.39, 0.29) is 5.54 Å². The maximum atomic E-state index is 9.99. The molecule has 1 aromatic carbocycles. The van der Waals surface area contributed by atoms with E-state index in [2.05, 4.69) is 36.8 Å². The first-order valence-electron chi connectivity index (χ1n) is 10.3. The van der Waals surface area contributed by atoms with Crippen molar-refractivity contribution in [2.24, 2.45) is 5.92 Å². The number of benzene rings is 1. The normalized spacial score (nSPS) is 29.2. The van der Waals surface area contributed by atoms with Crippen LogP contribution in [0.5, 0.6) is 5.75 Å². The van der Waals surface area contributed by atoms with Crippen molar-refractivity contribution in [1.82, 2.24) is 9.80 Å². The minimum absolute atomic E-state index is 0.0890.